The molecule has 0 aromatic carbocycles. The van der Waals surface area contributed by atoms with Gasteiger partial charge in [-0.25, -0.2) is 0 Å². The van der Waals surface area contributed by atoms with Crippen LogP contribution in [0.4, 0.5) is 0 Å². The number of likely N-dealkylation sites (tertiary alicyclic amines) is 1. The molecule has 0 spiro atoms. The number of hydrogen-bond donors (Lipinski definition) is 2. The summed E-state index contributed by atoms with van der Waals surface area (Å²) in [5.74, 6) is 0.0771. The molecule has 1 aliphatic heterocycles. The van der Waals surface area contributed by atoms with Crippen molar-refractivity contribution in [1.29, 1.82) is 0 Å². The molecule has 1 saturated heterocycles. The van der Waals surface area contributed by atoms with Crippen LogP contribution in [0.2, 0.25) is 0 Å². The number of carboxylic acid groups (broad SMARTS) is 1. The summed E-state index contributed by atoms with van der Waals surface area (Å²) in [5.41, 5.74) is 0. The molecule has 2 N–H and O–H groups in total. The van der Waals surface area contributed by atoms with Crippen molar-refractivity contribution in [3.8, 4) is 0 Å². The molecule has 1 aliphatic rings. The topological polar surface area (TPSA) is 52.6 Å². The van der Waals surface area contributed by atoms with E-state index in [0.29, 0.717) is 12.5 Å². The SMILES string of the molecule is CCCNC(CCN1CC(CC)CCC1C)C(=O)O. The van der Waals surface area contributed by atoms with Gasteiger partial charge < -0.3 is 15.3 Å². The molecule has 0 amide bonds. The molecule has 1 fully saturated rings. The zero-order valence-corrected chi connectivity index (χ0v) is 12.7. The smallest absolute Gasteiger partial charge is 0.320 e. The van der Waals surface area contributed by atoms with Gasteiger partial charge in [0.2, 0.25) is 0 Å². The number of piperidine rings is 1. The summed E-state index contributed by atoms with van der Waals surface area (Å²) >= 11 is 0. The molecule has 1 rings (SSSR count). The Morgan fingerprint density at radius 2 is 2.16 bits per heavy atom. The van der Waals surface area contributed by atoms with Crippen LogP contribution in [0.15, 0.2) is 0 Å². The number of hydrogen-bond acceptors (Lipinski definition) is 3. The van der Waals surface area contributed by atoms with Crippen molar-refractivity contribution in [1.82, 2.24) is 10.2 Å². The third kappa shape index (κ3) is 5.49. The molecule has 0 aromatic rings. The summed E-state index contributed by atoms with van der Waals surface area (Å²) in [7, 11) is 0. The van der Waals surface area contributed by atoms with E-state index < -0.39 is 12.0 Å². The van der Waals surface area contributed by atoms with Gasteiger partial charge >= 0.3 is 5.97 Å². The molecule has 4 heteroatoms. The van der Waals surface area contributed by atoms with E-state index in [2.05, 4.69) is 31.0 Å². The maximum atomic E-state index is 11.2. The summed E-state index contributed by atoms with van der Waals surface area (Å²) in [6, 6.07) is 0.206. The van der Waals surface area contributed by atoms with Gasteiger partial charge in [-0.2, -0.15) is 0 Å². The molecule has 0 radical (unpaired) electrons. The van der Waals surface area contributed by atoms with Crippen molar-refractivity contribution in [2.24, 2.45) is 5.92 Å². The van der Waals surface area contributed by atoms with Gasteiger partial charge in [0, 0.05) is 19.1 Å². The van der Waals surface area contributed by atoms with Crippen LogP contribution in [-0.2, 0) is 4.79 Å². The largest absolute Gasteiger partial charge is 0.480 e. The molecule has 0 aliphatic carbocycles. The maximum absolute atomic E-state index is 11.2. The fraction of sp³-hybridized carbons (Fsp3) is 0.933. The molecule has 19 heavy (non-hydrogen) atoms. The van der Waals surface area contributed by atoms with Crippen molar-refractivity contribution in [2.75, 3.05) is 19.6 Å². The maximum Gasteiger partial charge on any atom is 0.320 e. The highest BCUT2D eigenvalue weighted by atomic mass is 16.4. The van der Waals surface area contributed by atoms with Crippen LogP contribution in [0, 0.1) is 5.92 Å². The highest BCUT2D eigenvalue weighted by Crippen LogP contribution is 2.24. The number of rotatable bonds is 8. The minimum absolute atomic E-state index is 0.394. The highest BCUT2D eigenvalue weighted by molar-refractivity contribution is 5.73. The van der Waals surface area contributed by atoms with Gasteiger partial charge in [0.15, 0.2) is 0 Å². The number of carbonyl (C=O) groups is 1. The fourth-order valence-electron chi connectivity index (χ4n) is 2.83. The summed E-state index contributed by atoms with van der Waals surface area (Å²) in [4.78, 5) is 13.7. The van der Waals surface area contributed by atoms with E-state index in [1.165, 1.54) is 19.3 Å². The zero-order valence-electron chi connectivity index (χ0n) is 12.7. The van der Waals surface area contributed by atoms with E-state index >= 15 is 0 Å². The second kappa shape index (κ2) is 8.54. The van der Waals surface area contributed by atoms with Gasteiger partial charge in [-0.3, -0.25) is 4.79 Å². The first-order valence-corrected chi connectivity index (χ1v) is 7.78. The average Bonchev–Trinajstić information content (AvgIpc) is 2.40. The molecular weight excluding hydrogens is 240 g/mol. The lowest BCUT2D eigenvalue weighted by atomic mass is 9.91. The van der Waals surface area contributed by atoms with Gasteiger partial charge in [-0.05, 0) is 45.1 Å². The second-order valence-corrected chi connectivity index (χ2v) is 5.83. The van der Waals surface area contributed by atoms with Crippen molar-refractivity contribution in [2.45, 2.75) is 65.0 Å². The third-order valence-electron chi connectivity index (χ3n) is 4.33. The molecule has 112 valence electrons. The number of nitrogens with zero attached hydrogens (tertiary/aromatic N) is 1. The Hall–Kier alpha value is -0.610. The van der Waals surface area contributed by atoms with Crippen molar-refractivity contribution < 1.29 is 9.90 Å². The monoisotopic (exact) mass is 270 g/mol. The summed E-state index contributed by atoms with van der Waals surface area (Å²) < 4.78 is 0. The van der Waals surface area contributed by atoms with Crippen LogP contribution in [0.1, 0.15) is 52.9 Å². The highest BCUT2D eigenvalue weighted by Gasteiger charge is 2.25. The number of carboxylic acids is 1. The molecule has 0 aromatic heterocycles. The first kappa shape index (κ1) is 16.4. The van der Waals surface area contributed by atoms with Crippen LogP contribution in [0.5, 0.6) is 0 Å². The van der Waals surface area contributed by atoms with E-state index in [-0.39, 0.29) is 0 Å². The van der Waals surface area contributed by atoms with Crippen LogP contribution in [0.3, 0.4) is 0 Å². The van der Waals surface area contributed by atoms with Gasteiger partial charge in [0.1, 0.15) is 6.04 Å². The fourth-order valence-corrected chi connectivity index (χ4v) is 2.83. The van der Waals surface area contributed by atoms with E-state index in [1.807, 2.05) is 0 Å². The Kier molecular flexibility index (Phi) is 7.39. The van der Waals surface area contributed by atoms with Crippen LogP contribution >= 0.6 is 0 Å². The van der Waals surface area contributed by atoms with E-state index in [9.17, 15) is 9.90 Å². The summed E-state index contributed by atoms with van der Waals surface area (Å²) in [6.45, 7) is 9.39. The van der Waals surface area contributed by atoms with Crippen LogP contribution < -0.4 is 5.32 Å². The minimum atomic E-state index is -0.717. The predicted octanol–water partition coefficient (Wildman–Crippen LogP) is 2.34. The standard InChI is InChI=1S/C15H30N2O2/c1-4-9-16-14(15(18)19)8-10-17-11-13(5-2)7-6-12(17)3/h12-14,16H,4-11H2,1-3H3,(H,18,19). The number of aliphatic carboxylic acids is 1. The lowest BCUT2D eigenvalue weighted by Crippen LogP contribution is -2.45. The Morgan fingerprint density at radius 1 is 1.42 bits per heavy atom. The molecule has 0 bridgehead atoms. The predicted molar refractivity (Wildman–Crippen MR) is 78.4 cm³/mol. The number of nitrogens with one attached hydrogen (secondary N) is 1. The Balaban J connectivity index is 2.40. The zero-order chi connectivity index (χ0) is 14.3. The normalized spacial score (nSPS) is 26.3. The molecular formula is C15H30N2O2. The minimum Gasteiger partial charge on any atom is -0.480 e. The Morgan fingerprint density at radius 3 is 2.74 bits per heavy atom. The quantitative estimate of drug-likeness (QED) is 0.711. The van der Waals surface area contributed by atoms with Gasteiger partial charge in [0.25, 0.3) is 0 Å². The van der Waals surface area contributed by atoms with Crippen molar-refractivity contribution in [3.05, 3.63) is 0 Å². The first-order chi connectivity index (χ1) is 9.08. The average molecular weight is 270 g/mol. The molecule has 4 nitrogen and oxygen atoms in total. The van der Waals surface area contributed by atoms with Gasteiger partial charge in [0.05, 0.1) is 0 Å². The lowest BCUT2D eigenvalue weighted by Gasteiger charge is -2.38. The lowest BCUT2D eigenvalue weighted by molar-refractivity contribution is -0.139. The van der Waals surface area contributed by atoms with Crippen molar-refractivity contribution >= 4 is 5.97 Å². The van der Waals surface area contributed by atoms with Crippen molar-refractivity contribution in [3.63, 3.8) is 0 Å². The van der Waals surface area contributed by atoms with Crippen LogP contribution in [0.25, 0.3) is 0 Å². The van der Waals surface area contributed by atoms with E-state index in [1.54, 1.807) is 0 Å². The molecule has 1 heterocycles. The molecule has 3 atom stereocenters. The summed E-state index contributed by atoms with van der Waals surface area (Å²) in [6.07, 6.45) is 5.49. The Bertz CT molecular complexity index is 271. The van der Waals surface area contributed by atoms with E-state index in [0.717, 1.165) is 32.0 Å². The summed E-state index contributed by atoms with van der Waals surface area (Å²) in [5, 5.41) is 12.3. The molecule has 0 saturated carbocycles. The first-order valence-electron chi connectivity index (χ1n) is 7.78. The third-order valence-corrected chi connectivity index (χ3v) is 4.33. The second-order valence-electron chi connectivity index (χ2n) is 5.83. The van der Waals surface area contributed by atoms with Gasteiger partial charge in [-0.1, -0.05) is 20.3 Å². The Labute approximate surface area is 117 Å². The van der Waals surface area contributed by atoms with E-state index in [4.69, 9.17) is 0 Å². The van der Waals surface area contributed by atoms with Crippen LogP contribution in [-0.4, -0.2) is 47.7 Å². The van der Waals surface area contributed by atoms with Gasteiger partial charge in [-0.15, -0.1) is 0 Å². The molecule has 3 unspecified atom stereocenters.